The van der Waals surface area contributed by atoms with Gasteiger partial charge in [-0.25, -0.2) is 4.79 Å². The van der Waals surface area contributed by atoms with Crippen molar-refractivity contribution in [2.24, 2.45) is 0 Å². The molecule has 0 radical (unpaired) electrons. The fraction of sp³-hybridized carbons (Fsp3) is 0.0667. The van der Waals surface area contributed by atoms with Gasteiger partial charge < -0.3 is 15.2 Å². The third-order valence-corrected chi connectivity index (χ3v) is 3.50. The van der Waals surface area contributed by atoms with E-state index in [-0.39, 0.29) is 11.3 Å². The molecule has 0 spiro atoms. The van der Waals surface area contributed by atoms with Gasteiger partial charge in [0.25, 0.3) is 0 Å². The number of hydrazine groups is 1. The molecule has 2 aromatic rings. The maximum absolute atomic E-state index is 12.3. The van der Waals surface area contributed by atoms with E-state index in [1.807, 2.05) is 0 Å². The number of carbonyl (C=O) groups excluding carboxylic acids is 2. The quantitative estimate of drug-likeness (QED) is 0.876. The Morgan fingerprint density at radius 2 is 1.82 bits per heavy atom. The van der Waals surface area contributed by atoms with Gasteiger partial charge in [-0.05, 0) is 30.7 Å². The number of carboxylic acid groups (broad SMARTS) is 1. The van der Waals surface area contributed by atoms with Gasteiger partial charge >= 0.3 is 6.03 Å². The minimum atomic E-state index is -1.35. The number of hydrogen-bond acceptors (Lipinski definition) is 5. The molecule has 2 N–H and O–H groups in total. The second-order valence-electron chi connectivity index (χ2n) is 4.79. The summed E-state index contributed by atoms with van der Waals surface area (Å²) in [6, 6.07) is 10.5. The van der Waals surface area contributed by atoms with Crippen molar-refractivity contribution in [3.63, 3.8) is 0 Å². The molecule has 7 heteroatoms. The van der Waals surface area contributed by atoms with Gasteiger partial charge in [-0.3, -0.25) is 5.21 Å². The van der Waals surface area contributed by atoms with Crippen LogP contribution in [0.15, 0.2) is 42.5 Å². The number of nitrogens with one attached hydrogen (secondary N) is 1. The van der Waals surface area contributed by atoms with Gasteiger partial charge in [-0.1, -0.05) is 24.3 Å². The average molecular weight is 298 g/mol. The molecular formula is C15H12N3O4-. The summed E-state index contributed by atoms with van der Waals surface area (Å²) in [5, 5.41) is 25.7. The average Bonchev–Trinajstić information content (AvgIpc) is 2.48. The highest BCUT2D eigenvalue weighted by Gasteiger charge is 2.31. The first-order valence-electron chi connectivity index (χ1n) is 6.50. The summed E-state index contributed by atoms with van der Waals surface area (Å²) < 4.78 is 0. The number of benzene rings is 2. The lowest BCUT2D eigenvalue weighted by atomic mass is 10.1. The van der Waals surface area contributed by atoms with E-state index in [0.717, 1.165) is 5.01 Å². The number of para-hydroxylation sites is 2. The molecule has 0 atom stereocenters. The van der Waals surface area contributed by atoms with Crippen molar-refractivity contribution in [2.45, 2.75) is 6.92 Å². The minimum Gasteiger partial charge on any atom is -0.545 e. The summed E-state index contributed by atoms with van der Waals surface area (Å²) in [4.78, 5) is 23.4. The molecule has 1 heterocycles. The Morgan fingerprint density at radius 3 is 2.55 bits per heavy atom. The number of rotatable bonds is 2. The van der Waals surface area contributed by atoms with Crippen LogP contribution in [-0.2, 0) is 0 Å². The van der Waals surface area contributed by atoms with Crippen molar-refractivity contribution in [3.05, 3.63) is 53.6 Å². The molecule has 3 rings (SSSR count). The molecular weight excluding hydrogens is 286 g/mol. The first-order chi connectivity index (χ1) is 10.5. The number of carboxylic acids is 1. The molecule has 0 saturated heterocycles. The maximum Gasteiger partial charge on any atom is 0.347 e. The fourth-order valence-corrected chi connectivity index (χ4v) is 2.40. The number of urea groups is 1. The Kier molecular flexibility index (Phi) is 3.19. The van der Waals surface area contributed by atoms with Crippen LogP contribution >= 0.6 is 0 Å². The van der Waals surface area contributed by atoms with Crippen LogP contribution in [0.3, 0.4) is 0 Å². The second-order valence-corrected chi connectivity index (χ2v) is 4.79. The predicted octanol–water partition coefficient (Wildman–Crippen LogP) is 1.52. The second kappa shape index (κ2) is 5.05. The van der Waals surface area contributed by atoms with Gasteiger partial charge in [0.2, 0.25) is 0 Å². The van der Waals surface area contributed by atoms with Crippen molar-refractivity contribution in [1.29, 1.82) is 0 Å². The lowest BCUT2D eigenvalue weighted by Crippen LogP contribution is -2.51. The molecule has 22 heavy (non-hydrogen) atoms. The number of aromatic carboxylic acids is 1. The molecule has 0 unspecified atom stereocenters. The first kappa shape index (κ1) is 13.9. The van der Waals surface area contributed by atoms with E-state index in [1.54, 1.807) is 37.3 Å². The Bertz CT molecular complexity index is 775. The topological polar surface area (TPSA) is 95.9 Å². The Morgan fingerprint density at radius 1 is 1.14 bits per heavy atom. The van der Waals surface area contributed by atoms with Crippen LogP contribution in [0.4, 0.5) is 21.9 Å². The van der Waals surface area contributed by atoms with Crippen LogP contribution in [-0.4, -0.2) is 17.2 Å². The lowest BCUT2D eigenvalue weighted by Gasteiger charge is -2.37. The van der Waals surface area contributed by atoms with Gasteiger partial charge in [0.15, 0.2) is 0 Å². The first-order valence-corrected chi connectivity index (χ1v) is 6.50. The highest BCUT2D eigenvalue weighted by molar-refractivity contribution is 6.09. The Labute approximate surface area is 125 Å². The third kappa shape index (κ3) is 2.04. The SMILES string of the molecule is Cc1c(C(=O)[O-])cccc1N1C(=O)Nc2ccccc2N1O. The summed E-state index contributed by atoms with van der Waals surface area (Å²) in [6.07, 6.45) is 0. The van der Waals surface area contributed by atoms with Crippen molar-refractivity contribution in [1.82, 2.24) is 0 Å². The maximum atomic E-state index is 12.3. The summed E-state index contributed by atoms with van der Waals surface area (Å²) >= 11 is 0. The zero-order valence-corrected chi connectivity index (χ0v) is 11.6. The number of nitrogens with zero attached hydrogens (tertiary/aromatic N) is 2. The normalized spacial score (nSPS) is 13.6. The molecule has 2 amide bonds. The van der Waals surface area contributed by atoms with Crippen molar-refractivity contribution < 1.29 is 19.9 Å². The van der Waals surface area contributed by atoms with Gasteiger partial charge in [0.05, 0.1) is 17.3 Å². The molecule has 7 nitrogen and oxygen atoms in total. The summed E-state index contributed by atoms with van der Waals surface area (Å²) in [5.74, 6) is -1.35. The molecule has 0 fully saturated rings. The zero-order chi connectivity index (χ0) is 15.9. The van der Waals surface area contributed by atoms with E-state index < -0.39 is 12.0 Å². The van der Waals surface area contributed by atoms with Gasteiger partial charge in [0, 0.05) is 5.56 Å². The number of hydrogen-bond donors (Lipinski definition) is 2. The monoisotopic (exact) mass is 298 g/mol. The molecule has 0 aliphatic carbocycles. The molecule has 112 valence electrons. The number of fused-ring (bicyclic) bond motifs is 1. The number of carbonyl (C=O) groups is 2. The standard InChI is InChI=1S/C15H13N3O4/c1-9-10(14(19)20)5-4-8-12(9)17-15(21)16-11-6-2-3-7-13(11)18(17)22/h2-8,22H,1H3,(H,16,21)(H,19,20)/p-1. The van der Waals surface area contributed by atoms with Crippen LogP contribution < -0.4 is 20.6 Å². The van der Waals surface area contributed by atoms with Gasteiger partial charge in [0.1, 0.15) is 5.69 Å². The van der Waals surface area contributed by atoms with E-state index in [0.29, 0.717) is 22.1 Å². The van der Waals surface area contributed by atoms with E-state index in [4.69, 9.17) is 0 Å². The lowest BCUT2D eigenvalue weighted by molar-refractivity contribution is -0.255. The molecule has 1 aliphatic heterocycles. The molecule has 0 saturated carbocycles. The predicted molar refractivity (Wildman–Crippen MR) is 77.7 cm³/mol. The third-order valence-electron chi connectivity index (χ3n) is 3.50. The number of anilines is 3. The summed E-state index contributed by atoms with van der Waals surface area (Å²) in [7, 11) is 0. The zero-order valence-electron chi connectivity index (χ0n) is 11.6. The van der Waals surface area contributed by atoms with Crippen molar-refractivity contribution >= 4 is 29.1 Å². The van der Waals surface area contributed by atoms with E-state index in [2.05, 4.69) is 5.32 Å². The highest BCUT2D eigenvalue weighted by Crippen LogP contribution is 2.34. The molecule has 1 aliphatic rings. The minimum absolute atomic E-state index is 0.0439. The summed E-state index contributed by atoms with van der Waals surface area (Å²) in [5.41, 5.74) is 1.35. The van der Waals surface area contributed by atoms with Crippen LogP contribution in [0, 0.1) is 6.92 Å². The van der Waals surface area contributed by atoms with Crippen LogP contribution in [0.5, 0.6) is 0 Å². The summed E-state index contributed by atoms with van der Waals surface area (Å²) in [6.45, 7) is 1.54. The van der Waals surface area contributed by atoms with Crippen molar-refractivity contribution in [2.75, 3.05) is 15.5 Å². The molecule has 2 aromatic carbocycles. The Balaban J connectivity index is 2.12. The molecule has 0 aromatic heterocycles. The highest BCUT2D eigenvalue weighted by atomic mass is 16.6. The number of amides is 2. The van der Waals surface area contributed by atoms with E-state index in [1.165, 1.54) is 12.1 Å². The smallest absolute Gasteiger partial charge is 0.347 e. The largest absolute Gasteiger partial charge is 0.545 e. The molecule has 0 bridgehead atoms. The van der Waals surface area contributed by atoms with E-state index in [9.17, 15) is 19.9 Å². The van der Waals surface area contributed by atoms with Crippen LogP contribution in [0.2, 0.25) is 0 Å². The Hall–Kier alpha value is -3.06. The van der Waals surface area contributed by atoms with Crippen molar-refractivity contribution in [3.8, 4) is 0 Å². The fourth-order valence-electron chi connectivity index (χ4n) is 2.40. The van der Waals surface area contributed by atoms with Gasteiger partial charge in [-0.2, -0.15) is 10.2 Å². The van der Waals surface area contributed by atoms with Crippen LogP contribution in [0.1, 0.15) is 15.9 Å². The van der Waals surface area contributed by atoms with Gasteiger partial charge in [-0.15, -0.1) is 0 Å². The van der Waals surface area contributed by atoms with E-state index >= 15 is 0 Å². The van der Waals surface area contributed by atoms with Crippen LogP contribution in [0.25, 0.3) is 0 Å².